The van der Waals surface area contributed by atoms with E-state index in [4.69, 9.17) is 5.73 Å². The van der Waals surface area contributed by atoms with Crippen LogP contribution in [0, 0.1) is 0 Å². The molecule has 31 heavy (non-hydrogen) atoms. The topological polar surface area (TPSA) is 118 Å². The lowest BCUT2D eigenvalue weighted by Gasteiger charge is -2.22. The quantitative estimate of drug-likeness (QED) is 0.652. The molecular formula is C22H27N5O3S. The third-order valence-corrected chi connectivity index (χ3v) is 6.12. The van der Waals surface area contributed by atoms with Gasteiger partial charge >= 0.3 is 0 Å². The highest BCUT2D eigenvalue weighted by atomic mass is 32.2. The van der Waals surface area contributed by atoms with Crippen molar-refractivity contribution in [1.29, 1.82) is 0 Å². The number of nitrogens with two attached hydrogens (primary N) is 1. The van der Waals surface area contributed by atoms with Gasteiger partial charge in [-0.2, -0.15) is 0 Å². The monoisotopic (exact) mass is 441 g/mol. The first-order valence-corrected chi connectivity index (χ1v) is 11.7. The molecule has 0 bridgehead atoms. The summed E-state index contributed by atoms with van der Waals surface area (Å²) in [4.78, 5) is 23.2. The number of pyridine rings is 1. The summed E-state index contributed by atoms with van der Waals surface area (Å²) in [6.07, 6.45) is 6.69. The second-order valence-corrected chi connectivity index (χ2v) is 8.99. The van der Waals surface area contributed by atoms with Crippen LogP contribution in [0.25, 0.3) is 6.08 Å². The van der Waals surface area contributed by atoms with Gasteiger partial charge in [0.05, 0.1) is 22.5 Å². The fraction of sp³-hybridized carbons (Fsp3) is 0.318. The van der Waals surface area contributed by atoms with Gasteiger partial charge in [-0.3, -0.25) is 14.5 Å². The molecule has 1 aromatic carbocycles. The zero-order valence-corrected chi connectivity index (χ0v) is 18.5. The molecule has 1 amide bonds. The summed E-state index contributed by atoms with van der Waals surface area (Å²) in [7, 11) is -3.83. The minimum atomic E-state index is -3.83. The van der Waals surface area contributed by atoms with E-state index in [1.54, 1.807) is 30.5 Å². The molecule has 3 N–H and O–H groups in total. The van der Waals surface area contributed by atoms with Crippen molar-refractivity contribution in [3.63, 3.8) is 0 Å². The Morgan fingerprint density at radius 1 is 1.19 bits per heavy atom. The van der Waals surface area contributed by atoms with E-state index in [1.165, 1.54) is 18.3 Å². The standard InChI is InChI=1S/C22H27N5O3S/c1-3-10-27(11-4-2)22(28)17-12-16-7-8-19(14-20(16)25-21(23)13-17)31(29,30)26-18-6-5-9-24-15-18/h5-9,12,14-15,26H,3-4,10-11,13H2,1-2H3,(H2,23,25). The highest BCUT2D eigenvalue weighted by Gasteiger charge is 2.22. The summed E-state index contributed by atoms with van der Waals surface area (Å²) in [5.74, 6) is 0.200. The number of fused-ring (bicyclic) bond motifs is 1. The number of nitrogens with zero attached hydrogens (tertiary/aromatic N) is 3. The van der Waals surface area contributed by atoms with Crippen molar-refractivity contribution in [2.24, 2.45) is 10.7 Å². The van der Waals surface area contributed by atoms with Crippen molar-refractivity contribution in [2.75, 3.05) is 17.8 Å². The van der Waals surface area contributed by atoms with Gasteiger partial charge in [0, 0.05) is 36.8 Å². The number of carbonyl (C=O) groups is 1. The molecule has 0 spiro atoms. The maximum absolute atomic E-state index is 13.1. The Hall–Kier alpha value is -3.20. The molecule has 0 fully saturated rings. The molecule has 8 nitrogen and oxygen atoms in total. The van der Waals surface area contributed by atoms with Gasteiger partial charge in [-0.25, -0.2) is 13.4 Å². The summed E-state index contributed by atoms with van der Waals surface area (Å²) in [5.41, 5.74) is 8.04. The van der Waals surface area contributed by atoms with Gasteiger partial charge < -0.3 is 10.6 Å². The largest absolute Gasteiger partial charge is 0.387 e. The Labute approximate surface area is 182 Å². The Morgan fingerprint density at radius 3 is 2.58 bits per heavy atom. The smallest absolute Gasteiger partial charge is 0.262 e. The van der Waals surface area contributed by atoms with Crippen LogP contribution in [0.4, 0.5) is 11.4 Å². The van der Waals surface area contributed by atoms with Gasteiger partial charge in [-0.05, 0) is 43.2 Å². The Kier molecular flexibility index (Phi) is 7.06. The Bertz CT molecular complexity index is 1110. The first-order valence-electron chi connectivity index (χ1n) is 10.2. The normalized spacial score (nSPS) is 13.5. The first kappa shape index (κ1) is 22.5. The van der Waals surface area contributed by atoms with E-state index in [-0.39, 0.29) is 23.1 Å². The number of hydrogen-bond acceptors (Lipinski definition) is 6. The minimum Gasteiger partial charge on any atom is -0.387 e. The average Bonchev–Trinajstić information content (AvgIpc) is 2.90. The van der Waals surface area contributed by atoms with Crippen LogP contribution in [0.1, 0.15) is 38.7 Å². The van der Waals surface area contributed by atoms with Crippen molar-refractivity contribution in [2.45, 2.75) is 38.0 Å². The maximum atomic E-state index is 13.1. The fourth-order valence-electron chi connectivity index (χ4n) is 3.37. The van der Waals surface area contributed by atoms with E-state index in [0.717, 1.165) is 12.8 Å². The van der Waals surface area contributed by atoms with Gasteiger partial charge in [0.15, 0.2) is 0 Å². The molecule has 2 heterocycles. The van der Waals surface area contributed by atoms with Gasteiger partial charge in [0.1, 0.15) is 5.84 Å². The number of amidine groups is 1. The second kappa shape index (κ2) is 9.74. The van der Waals surface area contributed by atoms with Crippen LogP contribution in [-0.2, 0) is 14.8 Å². The number of anilines is 1. The summed E-state index contributed by atoms with van der Waals surface area (Å²) >= 11 is 0. The van der Waals surface area contributed by atoms with Crippen molar-refractivity contribution in [3.8, 4) is 0 Å². The van der Waals surface area contributed by atoms with E-state index in [0.29, 0.717) is 35.6 Å². The highest BCUT2D eigenvalue weighted by molar-refractivity contribution is 7.92. The number of aromatic nitrogens is 1. The number of benzene rings is 1. The minimum absolute atomic E-state index is 0.0495. The summed E-state index contributed by atoms with van der Waals surface area (Å²) in [6, 6.07) is 7.85. The lowest BCUT2D eigenvalue weighted by molar-refractivity contribution is -0.127. The van der Waals surface area contributed by atoms with Crippen molar-refractivity contribution >= 4 is 39.2 Å². The molecule has 2 aromatic rings. The predicted molar refractivity (Wildman–Crippen MR) is 123 cm³/mol. The van der Waals surface area contributed by atoms with Gasteiger partial charge in [0.25, 0.3) is 10.0 Å². The zero-order chi connectivity index (χ0) is 22.4. The molecular weight excluding hydrogens is 414 g/mol. The number of aliphatic imine (C=N–C) groups is 1. The van der Waals surface area contributed by atoms with E-state index in [2.05, 4.69) is 14.7 Å². The molecule has 1 aromatic heterocycles. The lowest BCUT2D eigenvalue weighted by Crippen LogP contribution is -2.34. The van der Waals surface area contributed by atoms with Crippen LogP contribution in [0.3, 0.4) is 0 Å². The number of rotatable bonds is 8. The van der Waals surface area contributed by atoms with Gasteiger partial charge in [-0.15, -0.1) is 0 Å². The molecule has 164 valence electrons. The Morgan fingerprint density at radius 2 is 1.94 bits per heavy atom. The number of nitrogens with one attached hydrogen (secondary N) is 1. The molecule has 3 rings (SSSR count). The number of sulfonamides is 1. The third kappa shape index (κ3) is 5.49. The maximum Gasteiger partial charge on any atom is 0.262 e. The molecule has 1 aliphatic heterocycles. The highest BCUT2D eigenvalue weighted by Crippen LogP contribution is 2.30. The number of carbonyl (C=O) groups excluding carboxylic acids is 1. The van der Waals surface area contributed by atoms with Crippen LogP contribution in [-0.4, -0.2) is 43.1 Å². The molecule has 0 saturated carbocycles. The molecule has 1 aliphatic rings. The van der Waals surface area contributed by atoms with Crippen molar-refractivity contribution in [1.82, 2.24) is 9.88 Å². The van der Waals surface area contributed by atoms with Crippen LogP contribution in [0.15, 0.2) is 58.2 Å². The predicted octanol–water partition coefficient (Wildman–Crippen LogP) is 3.31. The molecule has 0 aliphatic carbocycles. The van der Waals surface area contributed by atoms with E-state index in [9.17, 15) is 13.2 Å². The average molecular weight is 442 g/mol. The van der Waals surface area contributed by atoms with E-state index in [1.807, 2.05) is 18.7 Å². The fourth-order valence-corrected chi connectivity index (χ4v) is 4.43. The second-order valence-electron chi connectivity index (χ2n) is 7.31. The Balaban J connectivity index is 1.94. The molecule has 0 atom stereocenters. The molecule has 0 saturated heterocycles. The van der Waals surface area contributed by atoms with Crippen LogP contribution in [0.5, 0.6) is 0 Å². The zero-order valence-electron chi connectivity index (χ0n) is 17.7. The third-order valence-electron chi connectivity index (χ3n) is 4.74. The molecule has 9 heteroatoms. The van der Waals surface area contributed by atoms with E-state index >= 15 is 0 Å². The molecule has 0 unspecified atom stereocenters. The van der Waals surface area contributed by atoms with Gasteiger partial charge in [0.2, 0.25) is 5.91 Å². The first-order chi connectivity index (χ1) is 14.8. The number of amides is 1. The van der Waals surface area contributed by atoms with Crippen LogP contribution < -0.4 is 10.5 Å². The summed E-state index contributed by atoms with van der Waals surface area (Å²) < 4.78 is 28.0. The summed E-state index contributed by atoms with van der Waals surface area (Å²) in [6.45, 7) is 5.41. The van der Waals surface area contributed by atoms with Crippen LogP contribution >= 0.6 is 0 Å². The molecule has 0 radical (unpaired) electrons. The van der Waals surface area contributed by atoms with Crippen LogP contribution in [0.2, 0.25) is 0 Å². The van der Waals surface area contributed by atoms with Crippen molar-refractivity contribution < 1.29 is 13.2 Å². The SMILES string of the molecule is CCCN(CCC)C(=O)C1=Cc2ccc(S(=O)(=O)Nc3cccnc3)cc2N=C(N)C1. The summed E-state index contributed by atoms with van der Waals surface area (Å²) in [5, 5.41) is 0. The van der Waals surface area contributed by atoms with Crippen molar-refractivity contribution in [3.05, 3.63) is 53.9 Å². The number of hydrogen-bond donors (Lipinski definition) is 2. The van der Waals surface area contributed by atoms with Gasteiger partial charge in [-0.1, -0.05) is 19.9 Å². The van der Waals surface area contributed by atoms with E-state index < -0.39 is 10.0 Å². The lowest BCUT2D eigenvalue weighted by atomic mass is 10.1.